The Balaban J connectivity index is 2.51. The number of rotatable bonds is 40. The van der Waals surface area contributed by atoms with Gasteiger partial charge in [-0.25, -0.2) is 4.18 Å². The second-order valence-electron chi connectivity index (χ2n) is 16.8. The van der Waals surface area contributed by atoms with E-state index in [9.17, 15) is 43.3 Å². The van der Waals surface area contributed by atoms with Gasteiger partial charge in [0.05, 0.1) is 25.4 Å². The van der Waals surface area contributed by atoms with Crippen LogP contribution in [0.3, 0.4) is 0 Å². The summed E-state index contributed by atoms with van der Waals surface area (Å²) < 4.78 is 47.4. The van der Waals surface area contributed by atoms with E-state index >= 15 is 0 Å². The number of hydrogen-bond donors (Lipinski definition) is 7. The molecule has 1 heterocycles. The van der Waals surface area contributed by atoms with Gasteiger partial charge in [-0.05, 0) is 44.9 Å². The van der Waals surface area contributed by atoms with Crippen LogP contribution in [0.25, 0.3) is 0 Å². The van der Waals surface area contributed by atoms with E-state index in [0.717, 1.165) is 57.8 Å². The number of unbranched alkanes of at least 4 members (excludes halogenated alkanes) is 25. The van der Waals surface area contributed by atoms with E-state index in [1.54, 1.807) is 0 Å². The van der Waals surface area contributed by atoms with Gasteiger partial charge >= 0.3 is 10.4 Å². The number of ether oxygens (including phenoxy) is 2. The zero-order chi connectivity index (χ0) is 44.3. The van der Waals surface area contributed by atoms with Gasteiger partial charge in [-0.3, -0.25) is 9.35 Å². The summed E-state index contributed by atoms with van der Waals surface area (Å²) in [6.45, 7) is 3.20. The van der Waals surface area contributed by atoms with E-state index in [0.29, 0.717) is 12.8 Å². The van der Waals surface area contributed by atoms with Crippen LogP contribution in [0, 0.1) is 0 Å². The van der Waals surface area contributed by atoms with Gasteiger partial charge in [0.2, 0.25) is 5.91 Å². The van der Waals surface area contributed by atoms with E-state index in [2.05, 4.69) is 35.5 Å². The molecule has 1 rings (SSSR count). The molecule has 1 fully saturated rings. The molecule has 7 N–H and O–H groups in total. The minimum absolute atomic E-state index is 0.237. The molecule has 0 aromatic rings. The second kappa shape index (κ2) is 37.0. The molecule has 14 heteroatoms. The smallest absolute Gasteiger partial charge is 0.394 e. The van der Waals surface area contributed by atoms with Crippen LogP contribution in [0.4, 0.5) is 0 Å². The molecule has 0 radical (unpaired) electrons. The molecule has 0 saturated carbocycles. The van der Waals surface area contributed by atoms with Crippen LogP contribution in [-0.4, -0.2) is 107 Å². The van der Waals surface area contributed by atoms with Crippen molar-refractivity contribution >= 4 is 16.3 Å². The zero-order valence-corrected chi connectivity index (χ0v) is 38.2. The van der Waals surface area contributed by atoms with Gasteiger partial charge in [-0.1, -0.05) is 179 Å². The fourth-order valence-corrected chi connectivity index (χ4v) is 8.02. The first-order chi connectivity index (χ1) is 28.9. The summed E-state index contributed by atoms with van der Waals surface area (Å²) in [6, 6.07) is -1.12. The van der Waals surface area contributed by atoms with Crippen molar-refractivity contribution in [2.45, 2.75) is 249 Å². The summed E-state index contributed by atoms with van der Waals surface area (Å²) in [6.07, 6.45) is 29.8. The first-order valence-corrected chi connectivity index (χ1v) is 25.2. The third-order valence-electron chi connectivity index (χ3n) is 11.3. The first kappa shape index (κ1) is 56.6. The molecule has 0 aromatic heterocycles. The molecule has 1 aliphatic heterocycles. The van der Waals surface area contributed by atoms with Crippen molar-refractivity contribution in [2.24, 2.45) is 0 Å². The fourth-order valence-electron chi connectivity index (χ4n) is 7.51. The summed E-state index contributed by atoms with van der Waals surface area (Å²) in [7, 11) is -5.12. The van der Waals surface area contributed by atoms with Crippen LogP contribution in [0.2, 0.25) is 0 Å². The van der Waals surface area contributed by atoms with Gasteiger partial charge in [0, 0.05) is 0 Å². The molecular formula is C46H87NO12S. The number of hydrogen-bond acceptors (Lipinski definition) is 11. The van der Waals surface area contributed by atoms with E-state index in [4.69, 9.17) is 9.47 Å². The van der Waals surface area contributed by atoms with Crippen molar-refractivity contribution < 1.29 is 57.0 Å². The fraction of sp³-hybridized carbons (Fsp3) is 0.891. The Morgan fingerprint density at radius 1 is 0.667 bits per heavy atom. The van der Waals surface area contributed by atoms with Gasteiger partial charge in [0.15, 0.2) is 6.29 Å². The van der Waals surface area contributed by atoms with Crippen molar-refractivity contribution in [3.8, 4) is 0 Å². The molecular weight excluding hydrogens is 791 g/mol. The number of carbonyl (C=O) groups is 1. The van der Waals surface area contributed by atoms with Crippen molar-refractivity contribution in [1.82, 2.24) is 5.32 Å². The highest BCUT2D eigenvalue weighted by Crippen LogP contribution is 2.26. The summed E-state index contributed by atoms with van der Waals surface area (Å²) in [5, 5.41) is 55.1. The number of aliphatic hydroxyl groups is 5. The second-order valence-corrected chi connectivity index (χ2v) is 17.9. The molecule has 13 nitrogen and oxygen atoms in total. The van der Waals surface area contributed by atoms with E-state index in [1.807, 2.05) is 6.08 Å². The Labute approximate surface area is 364 Å². The third-order valence-corrected chi connectivity index (χ3v) is 11.8. The maximum absolute atomic E-state index is 13.1. The molecule has 0 aromatic carbocycles. The van der Waals surface area contributed by atoms with Gasteiger partial charge in [-0.2, -0.15) is 8.42 Å². The number of aliphatic hydroxyl groups excluding tert-OH is 5. The van der Waals surface area contributed by atoms with Crippen LogP contribution in [0.15, 0.2) is 24.3 Å². The van der Waals surface area contributed by atoms with E-state index < -0.39 is 78.5 Å². The highest BCUT2D eigenvalue weighted by atomic mass is 32.3. The van der Waals surface area contributed by atoms with Gasteiger partial charge in [0.25, 0.3) is 0 Å². The van der Waals surface area contributed by atoms with Crippen LogP contribution in [-0.2, 0) is 28.9 Å². The largest absolute Gasteiger partial charge is 0.397 e. The van der Waals surface area contributed by atoms with Crippen LogP contribution in [0.1, 0.15) is 200 Å². The number of allylic oxidation sites excluding steroid dienone is 3. The molecule has 8 unspecified atom stereocenters. The number of nitrogens with one attached hydrogen (secondary N) is 1. The SMILES string of the molecule is CCCCCCCCCCC/C=C/C(O)C(COC1OC(CO)C(O)C(OS(=O)(=O)O)C1O)NC(=O)C(O)CCCCCCCC/C=C\CCCCCCCCCCCC. The number of carbonyl (C=O) groups excluding carboxylic acids is 1. The maximum Gasteiger partial charge on any atom is 0.397 e. The summed E-state index contributed by atoms with van der Waals surface area (Å²) in [5.41, 5.74) is 0. The average Bonchev–Trinajstić information content (AvgIpc) is 3.22. The molecule has 1 aliphatic rings. The molecule has 0 bridgehead atoms. The van der Waals surface area contributed by atoms with E-state index in [1.165, 1.54) is 115 Å². The topological polar surface area (TPSA) is 212 Å². The van der Waals surface area contributed by atoms with E-state index in [-0.39, 0.29) is 6.42 Å². The Kier molecular flexibility index (Phi) is 34.8. The predicted octanol–water partition coefficient (Wildman–Crippen LogP) is 8.30. The maximum atomic E-state index is 13.1. The first-order valence-electron chi connectivity index (χ1n) is 23.8. The lowest BCUT2D eigenvalue weighted by Crippen LogP contribution is -2.61. The summed E-state index contributed by atoms with van der Waals surface area (Å²) in [5.74, 6) is -0.707. The van der Waals surface area contributed by atoms with Crippen LogP contribution >= 0.6 is 0 Å². The predicted molar refractivity (Wildman–Crippen MR) is 238 cm³/mol. The van der Waals surface area contributed by atoms with Gasteiger partial charge in [-0.15, -0.1) is 0 Å². The van der Waals surface area contributed by atoms with Crippen molar-refractivity contribution in [1.29, 1.82) is 0 Å². The highest BCUT2D eigenvalue weighted by molar-refractivity contribution is 7.80. The van der Waals surface area contributed by atoms with Crippen LogP contribution < -0.4 is 5.32 Å². The minimum Gasteiger partial charge on any atom is -0.394 e. The van der Waals surface area contributed by atoms with Crippen molar-refractivity contribution in [2.75, 3.05) is 13.2 Å². The molecule has 1 saturated heterocycles. The number of amides is 1. The monoisotopic (exact) mass is 878 g/mol. The van der Waals surface area contributed by atoms with Crippen molar-refractivity contribution in [3.05, 3.63) is 24.3 Å². The average molecular weight is 878 g/mol. The van der Waals surface area contributed by atoms with Gasteiger partial charge in [0.1, 0.15) is 30.5 Å². The lowest BCUT2D eigenvalue weighted by Gasteiger charge is -2.41. The van der Waals surface area contributed by atoms with Gasteiger partial charge < -0.3 is 40.3 Å². The van der Waals surface area contributed by atoms with Crippen molar-refractivity contribution in [3.63, 3.8) is 0 Å². The molecule has 1 amide bonds. The van der Waals surface area contributed by atoms with Crippen LogP contribution in [0.5, 0.6) is 0 Å². The summed E-state index contributed by atoms with van der Waals surface area (Å²) in [4.78, 5) is 13.1. The normalized spacial score (nSPS) is 21.5. The molecule has 0 spiro atoms. The Hall–Kier alpha value is -1.46. The minimum atomic E-state index is -5.12. The summed E-state index contributed by atoms with van der Waals surface area (Å²) >= 11 is 0. The lowest BCUT2D eigenvalue weighted by atomic mass is 9.99. The Bertz CT molecular complexity index is 1190. The Morgan fingerprint density at radius 3 is 1.55 bits per heavy atom. The molecule has 354 valence electrons. The Morgan fingerprint density at radius 2 is 1.10 bits per heavy atom. The zero-order valence-electron chi connectivity index (χ0n) is 37.4. The highest BCUT2D eigenvalue weighted by Gasteiger charge is 2.48. The lowest BCUT2D eigenvalue weighted by molar-refractivity contribution is -0.298. The molecule has 60 heavy (non-hydrogen) atoms. The third kappa shape index (κ3) is 29.0. The quantitative estimate of drug-likeness (QED) is 0.0176. The standard InChI is InChI=1S/C46H87NO12S/c1-3-5-7-9-11-13-15-16-17-18-19-20-21-22-23-25-27-29-31-33-35-40(50)45(53)47-38(39(49)34-32-30-28-26-24-14-12-10-8-6-4-2)37-57-46-43(52)44(59-60(54,55)56)42(51)41(36-48)58-46/h20-21,32,34,38-44,46,48-52H,3-19,22-31,33,35-37H2,1-2H3,(H,47,53)(H,54,55,56)/b21-20-,34-32+. The molecule has 0 aliphatic carbocycles. The molecule has 8 atom stereocenters.